The highest BCUT2D eigenvalue weighted by molar-refractivity contribution is 9.10. The maximum Gasteiger partial charge on any atom is 0.0963 e. The van der Waals surface area contributed by atoms with Crippen LogP contribution in [-0.4, -0.2) is 34.5 Å². The number of aliphatic hydroxyl groups is 1. The number of aliphatic hydroxyl groups excluding tert-OH is 1. The van der Waals surface area contributed by atoms with Gasteiger partial charge in [-0.3, -0.25) is 0 Å². The Kier molecular flexibility index (Phi) is 4.47. The van der Waals surface area contributed by atoms with E-state index in [0.29, 0.717) is 5.25 Å². The van der Waals surface area contributed by atoms with Crippen LogP contribution in [0.5, 0.6) is 0 Å². The van der Waals surface area contributed by atoms with Crippen LogP contribution in [0.1, 0.15) is 19.3 Å². The lowest BCUT2D eigenvalue weighted by Crippen LogP contribution is -2.44. The highest BCUT2D eigenvalue weighted by Crippen LogP contribution is 2.39. The quantitative estimate of drug-likeness (QED) is 0.895. The molecule has 1 aliphatic rings. The maximum atomic E-state index is 9.44. The summed E-state index contributed by atoms with van der Waals surface area (Å²) >= 11 is 5.19. The maximum absolute atomic E-state index is 9.44. The van der Waals surface area contributed by atoms with E-state index in [-0.39, 0.29) is 12.1 Å². The van der Waals surface area contributed by atoms with E-state index in [0.717, 1.165) is 28.8 Å². The first kappa shape index (κ1) is 13.3. The summed E-state index contributed by atoms with van der Waals surface area (Å²) < 4.78 is 1.01. The van der Waals surface area contributed by atoms with Crippen molar-refractivity contribution in [1.29, 1.82) is 0 Å². The second-order valence-corrected chi connectivity index (χ2v) is 6.72. The summed E-state index contributed by atoms with van der Waals surface area (Å²) in [5.41, 5.74) is -0.0764. The largest absolute Gasteiger partial charge is 0.394 e. The first-order valence-corrected chi connectivity index (χ1v) is 7.43. The lowest BCUT2D eigenvalue weighted by atomic mass is 10.00. The smallest absolute Gasteiger partial charge is 0.0963 e. The van der Waals surface area contributed by atoms with Crippen molar-refractivity contribution >= 4 is 27.7 Å². The van der Waals surface area contributed by atoms with Gasteiger partial charge in [-0.05, 0) is 54.4 Å². The molecule has 1 aromatic rings. The molecule has 0 aromatic carbocycles. The van der Waals surface area contributed by atoms with Crippen LogP contribution in [0.25, 0.3) is 0 Å². The number of nitrogens with zero attached hydrogens (tertiary/aromatic N) is 1. The third kappa shape index (κ3) is 3.22. The van der Waals surface area contributed by atoms with E-state index in [1.54, 1.807) is 0 Å². The van der Waals surface area contributed by atoms with Gasteiger partial charge in [0.1, 0.15) is 0 Å². The van der Waals surface area contributed by atoms with Gasteiger partial charge in [-0.25, -0.2) is 4.98 Å². The van der Waals surface area contributed by atoms with Crippen LogP contribution in [0.3, 0.4) is 0 Å². The van der Waals surface area contributed by atoms with Gasteiger partial charge in [0.05, 0.1) is 11.6 Å². The molecule has 2 unspecified atom stereocenters. The molecule has 0 spiro atoms. The van der Waals surface area contributed by atoms with Crippen LogP contribution in [0.15, 0.2) is 27.8 Å². The molecule has 0 bridgehead atoms. The van der Waals surface area contributed by atoms with Crippen molar-refractivity contribution in [2.75, 3.05) is 13.7 Å². The van der Waals surface area contributed by atoms with E-state index in [1.165, 1.54) is 0 Å². The summed E-state index contributed by atoms with van der Waals surface area (Å²) in [5.74, 6) is 0. The fraction of sp³-hybridized carbons (Fsp3) is 0.583. The van der Waals surface area contributed by atoms with Crippen molar-refractivity contribution in [3.63, 3.8) is 0 Å². The Bertz CT molecular complexity index is 367. The van der Waals surface area contributed by atoms with Gasteiger partial charge in [0.2, 0.25) is 0 Å². The molecular formula is C12H17BrN2OS. The van der Waals surface area contributed by atoms with Crippen LogP contribution in [0.2, 0.25) is 0 Å². The summed E-state index contributed by atoms with van der Waals surface area (Å²) in [6.07, 6.45) is 5.00. The molecule has 3 nitrogen and oxygen atoms in total. The normalized spacial score (nSPS) is 28.5. The van der Waals surface area contributed by atoms with Crippen LogP contribution in [0.4, 0.5) is 0 Å². The SMILES string of the molecule is CNC1(CO)CCC(Sc2ccc(Br)cn2)C1. The van der Waals surface area contributed by atoms with Gasteiger partial charge in [0, 0.05) is 21.5 Å². The zero-order chi connectivity index (χ0) is 12.3. The van der Waals surface area contributed by atoms with Gasteiger partial charge in [-0.15, -0.1) is 11.8 Å². The van der Waals surface area contributed by atoms with Crippen LogP contribution in [0, 0.1) is 0 Å². The third-order valence-electron chi connectivity index (χ3n) is 3.38. The minimum absolute atomic E-state index is 0.0764. The van der Waals surface area contributed by atoms with Crippen LogP contribution < -0.4 is 5.32 Å². The Morgan fingerprint density at radius 2 is 2.47 bits per heavy atom. The number of pyridine rings is 1. The summed E-state index contributed by atoms with van der Waals surface area (Å²) in [5, 5.41) is 14.3. The molecule has 0 saturated heterocycles. The van der Waals surface area contributed by atoms with E-state index in [1.807, 2.05) is 37.1 Å². The first-order valence-electron chi connectivity index (χ1n) is 5.75. The molecule has 2 rings (SSSR count). The van der Waals surface area contributed by atoms with Crippen molar-refractivity contribution in [2.45, 2.75) is 35.1 Å². The Labute approximate surface area is 115 Å². The number of hydrogen-bond donors (Lipinski definition) is 2. The van der Waals surface area contributed by atoms with Crippen molar-refractivity contribution in [2.24, 2.45) is 0 Å². The molecule has 1 saturated carbocycles. The monoisotopic (exact) mass is 316 g/mol. The molecule has 17 heavy (non-hydrogen) atoms. The van der Waals surface area contributed by atoms with E-state index in [4.69, 9.17) is 0 Å². The van der Waals surface area contributed by atoms with Crippen LogP contribution in [-0.2, 0) is 0 Å². The molecular weight excluding hydrogens is 300 g/mol. The molecule has 0 aliphatic heterocycles. The number of aromatic nitrogens is 1. The van der Waals surface area contributed by atoms with Gasteiger partial charge in [-0.2, -0.15) is 0 Å². The minimum atomic E-state index is -0.0764. The second-order valence-electron chi connectivity index (χ2n) is 4.49. The Hall–Kier alpha value is -0.100. The molecule has 1 aliphatic carbocycles. The fourth-order valence-corrected chi connectivity index (χ4v) is 3.70. The zero-order valence-corrected chi connectivity index (χ0v) is 12.2. The molecule has 2 atom stereocenters. The molecule has 1 aromatic heterocycles. The molecule has 1 heterocycles. The fourth-order valence-electron chi connectivity index (χ4n) is 2.23. The standard InChI is InChI=1S/C12H17BrN2OS/c1-14-12(8-16)5-4-10(6-12)17-11-3-2-9(13)7-15-11/h2-3,7,10,14,16H,4-6,8H2,1H3. The average molecular weight is 317 g/mol. The second kappa shape index (κ2) is 5.69. The van der Waals surface area contributed by atoms with E-state index < -0.39 is 0 Å². The summed E-state index contributed by atoms with van der Waals surface area (Å²) in [6.45, 7) is 0.217. The highest BCUT2D eigenvalue weighted by atomic mass is 79.9. The van der Waals surface area contributed by atoms with Crippen molar-refractivity contribution in [3.8, 4) is 0 Å². The van der Waals surface area contributed by atoms with Crippen molar-refractivity contribution < 1.29 is 5.11 Å². The highest BCUT2D eigenvalue weighted by Gasteiger charge is 2.37. The average Bonchev–Trinajstić information content (AvgIpc) is 2.76. The molecule has 5 heteroatoms. The lowest BCUT2D eigenvalue weighted by molar-refractivity contribution is 0.173. The van der Waals surface area contributed by atoms with Crippen molar-refractivity contribution in [3.05, 3.63) is 22.8 Å². The first-order chi connectivity index (χ1) is 8.17. The summed E-state index contributed by atoms with van der Waals surface area (Å²) in [7, 11) is 1.93. The Balaban J connectivity index is 1.95. The van der Waals surface area contributed by atoms with Gasteiger partial charge >= 0.3 is 0 Å². The molecule has 1 fully saturated rings. The molecule has 0 amide bonds. The van der Waals surface area contributed by atoms with Crippen molar-refractivity contribution in [1.82, 2.24) is 10.3 Å². The predicted molar refractivity (Wildman–Crippen MR) is 74.3 cm³/mol. The Morgan fingerprint density at radius 3 is 3.00 bits per heavy atom. The third-order valence-corrected chi connectivity index (χ3v) is 5.07. The number of hydrogen-bond acceptors (Lipinski definition) is 4. The number of halogens is 1. The molecule has 0 radical (unpaired) electrons. The minimum Gasteiger partial charge on any atom is -0.394 e. The number of nitrogens with one attached hydrogen (secondary N) is 1. The van der Waals surface area contributed by atoms with E-state index >= 15 is 0 Å². The molecule has 2 N–H and O–H groups in total. The summed E-state index contributed by atoms with van der Waals surface area (Å²) in [4.78, 5) is 4.37. The van der Waals surface area contributed by atoms with Gasteiger partial charge < -0.3 is 10.4 Å². The predicted octanol–water partition coefficient (Wildman–Crippen LogP) is 2.44. The topological polar surface area (TPSA) is 45.1 Å². The zero-order valence-electron chi connectivity index (χ0n) is 9.82. The van der Waals surface area contributed by atoms with Crippen LogP contribution >= 0.6 is 27.7 Å². The van der Waals surface area contributed by atoms with Gasteiger partial charge in [0.15, 0.2) is 0 Å². The molecule has 94 valence electrons. The van der Waals surface area contributed by atoms with Gasteiger partial charge in [0.25, 0.3) is 0 Å². The van der Waals surface area contributed by atoms with E-state index in [9.17, 15) is 5.11 Å². The van der Waals surface area contributed by atoms with Gasteiger partial charge in [-0.1, -0.05) is 0 Å². The Morgan fingerprint density at radius 1 is 1.65 bits per heavy atom. The van der Waals surface area contributed by atoms with E-state index in [2.05, 4.69) is 26.2 Å². The number of rotatable bonds is 4. The lowest BCUT2D eigenvalue weighted by Gasteiger charge is -2.26. The number of thioether (sulfide) groups is 1. The summed E-state index contributed by atoms with van der Waals surface area (Å²) in [6, 6.07) is 4.05. The number of likely N-dealkylation sites (N-methyl/N-ethyl adjacent to an activating group) is 1.